The van der Waals surface area contributed by atoms with Crippen LogP contribution in [-0.2, 0) is 4.79 Å². The van der Waals surface area contributed by atoms with E-state index in [0.717, 1.165) is 24.8 Å². The summed E-state index contributed by atoms with van der Waals surface area (Å²) in [5.41, 5.74) is 1.10. The highest BCUT2D eigenvalue weighted by molar-refractivity contribution is 5.90. The zero-order valence-electron chi connectivity index (χ0n) is 8.68. The molecule has 0 aliphatic rings. The quantitative estimate of drug-likeness (QED) is 0.575. The first kappa shape index (κ1) is 11.4. The third-order valence-electron chi connectivity index (χ3n) is 2.09. The van der Waals surface area contributed by atoms with Crippen molar-refractivity contribution in [2.45, 2.75) is 47.0 Å². The first-order valence-electron chi connectivity index (χ1n) is 4.77. The van der Waals surface area contributed by atoms with E-state index >= 15 is 0 Å². The molecule has 0 atom stereocenters. The van der Waals surface area contributed by atoms with Gasteiger partial charge in [0.2, 0.25) is 0 Å². The van der Waals surface area contributed by atoms with Crippen molar-refractivity contribution in [1.29, 1.82) is 0 Å². The van der Waals surface area contributed by atoms with Gasteiger partial charge in [-0.2, -0.15) is 0 Å². The average Bonchev–Trinajstić information content (AvgIpc) is 1.98. The SMILES string of the molecule is CCC(CC)CC(=O)C=C(C)C. The molecule has 0 saturated heterocycles. The summed E-state index contributed by atoms with van der Waals surface area (Å²) in [6.45, 7) is 8.21. The van der Waals surface area contributed by atoms with Crippen LogP contribution in [0.3, 0.4) is 0 Å². The van der Waals surface area contributed by atoms with Crippen molar-refractivity contribution in [2.75, 3.05) is 0 Å². The molecule has 0 bridgehead atoms. The molecule has 0 aliphatic carbocycles. The Bertz CT molecular complexity index is 160. The molecule has 1 heteroatoms. The van der Waals surface area contributed by atoms with Crippen LogP contribution in [0.1, 0.15) is 47.0 Å². The van der Waals surface area contributed by atoms with Crippen molar-refractivity contribution < 1.29 is 4.79 Å². The monoisotopic (exact) mass is 168 g/mol. The third kappa shape index (κ3) is 5.11. The summed E-state index contributed by atoms with van der Waals surface area (Å²) in [6.07, 6.45) is 4.69. The predicted molar refractivity (Wildman–Crippen MR) is 53.1 cm³/mol. The second-order valence-corrected chi connectivity index (χ2v) is 3.57. The van der Waals surface area contributed by atoms with Crippen LogP contribution in [0.2, 0.25) is 0 Å². The van der Waals surface area contributed by atoms with Gasteiger partial charge >= 0.3 is 0 Å². The van der Waals surface area contributed by atoms with E-state index in [4.69, 9.17) is 0 Å². The van der Waals surface area contributed by atoms with Crippen LogP contribution in [0, 0.1) is 5.92 Å². The summed E-state index contributed by atoms with van der Waals surface area (Å²) in [4.78, 5) is 11.3. The maximum atomic E-state index is 11.3. The average molecular weight is 168 g/mol. The van der Waals surface area contributed by atoms with Crippen LogP contribution in [0.5, 0.6) is 0 Å². The minimum atomic E-state index is 0.281. The van der Waals surface area contributed by atoms with Gasteiger partial charge in [-0.05, 0) is 25.8 Å². The van der Waals surface area contributed by atoms with Gasteiger partial charge < -0.3 is 0 Å². The molecular weight excluding hydrogens is 148 g/mol. The van der Waals surface area contributed by atoms with E-state index in [1.165, 1.54) is 0 Å². The molecule has 0 aromatic rings. The summed E-state index contributed by atoms with van der Waals surface area (Å²) in [5.74, 6) is 0.858. The van der Waals surface area contributed by atoms with Crippen molar-refractivity contribution in [2.24, 2.45) is 5.92 Å². The maximum Gasteiger partial charge on any atom is 0.155 e. The highest BCUT2D eigenvalue weighted by Gasteiger charge is 2.07. The van der Waals surface area contributed by atoms with E-state index in [1.807, 2.05) is 13.8 Å². The molecule has 0 radical (unpaired) electrons. The number of allylic oxidation sites excluding steroid dienone is 2. The molecule has 12 heavy (non-hydrogen) atoms. The van der Waals surface area contributed by atoms with Crippen LogP contribution >= 0.6 is 0 Å². The lowest BCUT2D eigenvalue weighted by Crippen LogP contribution is -2.04. The van der Waals surface area contributed by atoms with Gasteiger partial charge in [-0.3, -0.25) is 4.79 Å². The zero-order chi connectivity index (χ0) is 9.56. The number of rotatable bonds is 5. The molecular formula is C11H20O. The van der Waals surface area contributed by atoms with Gasteiger partial charge in [-0.1, -0.05) is 32.3 Å². The minimum absolute atomic E-state index is 0.281. The Morgan fingerprint density at radius 2 is 1.75 bits per heavy atom. The topological polar surface area (TPSA) is 17.1 Å². The zero-order valence-corrected chi connectivity index (χ0v) is 8.68. The summed E-state index contributed by atoms with van der Waals surface area (Å²) < 4.78 is 0. The number of hydrogen-bond acceptors (Lipinski definition) is 1. The molecule has 0 aromatic heterocycles. The Kier molecular flexibility index (Phi) is 5.69. The lowest BCUT2D eigenvalue weighted by Gasteiger charge is -2.08. The molecule has 0 N–H and O–H groups in total. The fraction of sp³-hybridized carbons (Fsp3) is 0.727. The predicted octanol–water partition coefficient (Wildman–Crippen LogP) is 3.35. The molecule has 0 rings (SSSR count). The Morgan fingerprint density at radius 3 is 2.08 bits per heavy atom. The van der Waals surface area contributed by atoms with E-state index in [-0.39, 0.29) is 5.78 Å². The molecule has 70 valence electrons. The van der Waals surface area contributed by atoms with E-state index < -0.39 is 0 Å². The highest BCUT2D eigenvalue weighted by atomic mass is 16.1. The molecule has 0 spiro atoms. The number of carbonyl (C=O) groups excluding carboxylic acids is 1. The standard InChI is InChI=1S/C11H20O/c1-5-10(6-2)8-11(12)7-9(3)4/h7,10H,5-6,8H2,1-4H3. The van der Waals surface area contributed by atoms with Crippen molar-refractivity contribution in [3.8, 4) is 0 Å². The first-order chi connectivity index (χ1) is 5.60. The van der Waals surface area contributed by atoms with E-state index in [9.17, 15) is 4.79 Å². The van der Waals surface area contributed by atoms with Crippen LogP contribution in [0.25, 0.3) is 0 Å². The Labute approximate surface area is 75.9 Å². The molecule has 0 aromatic carbocycles. The van der Waals surface area contributed by atoms with Crippen LogP contribution < -0.4 is 0 Å². The Hall–Kier alpha value is -0.590. The third-order valence-corrected chi connectivity index (χ3v) is 2.09. The van der Waals surface area contributed by atoms with Gasteiger partial charge in [-0.25, -0.2) is 0 Å². The van der Waals surface area contributed by atoms with Gasteiger partial charge in [0, 0.05) is 6.42 Å². The van der Waals surface area contributed by atoms with Gasteiger partial charge in [0.25, 0.3) is 0 Å². The van der Waals surface area contributed by atoms with Gasteiger partial charge in [0.1, 0.15) is 0 Å². The first-order valence-corrected chi connectivity index (χ1v) is 4.77. The normalized spacial score (nSPS) is 10.1. The van der Waals surface area contributed by atoms with Crippen molar-refractivity contribution in [1.82, 2.24) is 0 Å². The van der Waals surface area contributed by atoms with Gasteiger partial charge in [0.15, 0.2) is 5.78 Å². The smallest absolute Gasteiger partial charge is 0.155 e. The van der Waals surface area contributed by atoms with Crippen molar-refractivity contribution >= 4 is 5.78 Å². The highest BCUT2D eigenvalue weighted by Crippen LogP contribution is 2.13. The molecule has 0 unspecified atom stereocenters. The van der Waals surface area contributed by atoms with Crippen molar-refractivity contribution in [3.63, 3.8) is 0 Å². The van der Waals surface area contributed by atoms with Crippen LogP contribution in [0.15, 0.2) is 11.6 Å². The molecule has 1 nitrogen and oxygen atoms in total. The fourth-order valence-electron chi connectivity index (χ4n) is 1.24. The van der Waals surface area contributed by atoms with E-state index in [0.29, 0.717) is 5.92 Å². The van der Waals surface area contributed by atoms with Crippen LogP contribution in [0.4, 0.5) is 0 Å². The second-order valence-electron chi connectivity index (χ2n) is 3.57. The van der Waals surface area contributed by atoms with E-state index in [2.05, 4.69) is 13.8 Å². The fourth-order valence-corrected chi connectivity index (χ4v) is 1.24. The summed E-state index contributed by atoms with van der Waals surface area (Å²) in [6, 6.07) is 0. The Morgan fingerprint density at radius 1 is 1.25 bits per heavy atom. The molecule has 0 heterocycles. The van der Waals surface area contributed by atoms with Crippen LogP contribution in [-0.4, -0.2) is 5.78 Å². The summed E-state index contributed by atoms with van der Waals surface area (Å²) >= 11 is 0. The van der Waals surface area contributed by atoms with E-state index in [1.54, 1.807) is 6.08 Å². The second kappa shape index (κ2) is 5.99. The largest absolute Gasteiger partial charge is 0.295 e. The molecule has 0 amide bonds. The van der Waals surface area contributed by atoms with Gasteiger partial charge in [-0.15, -0.1) is 0 Å². The lowest BCUT2D eigenvalue weighted by atomic mass is 9.96. The van der Waals surface area contributed by atoms with Gasteiger partial charge in [0.05, 0.1) is 0 Å². The maximum absolute atomic E-state index is 11.3. The number of hydrogen-bond donors (Lipinski definition) is 0. The molecule has 0 aliphatic heterocycles. The molecule has 0 saturated carbocycles. The lowest BCUT2D eigenvalue weighted by molar-refractivity contribution is -0.115. The van der Waals surface area contributed by atoms with Crippen molar-refractivity contribution in [3.05, 3.63) is 11.6 Å². The molecule has 0 fully saturated rings. The summed E-state index contributed by atoms with van der Waals surface area (Å²) in [7, 11) is 0. The number of ketones is 1. The number of carbonyl (C=O) groups is 1. The summed E-state index contributed by atoms with van der Waals surface area (Å²) in [5, 5.41) is 0. The minimum Gasteiger partial charge on any atom is -0.295 e. The Balaban J connectivity index is 3.90.